The molecule has 0 unspecified atom stereocenters. The molecular weight excluding hydrogens is 352 g/mol. The Morgan fingerprint density at radius 3 is 0.923 bits per heavy atom. The van der Waals surface area contributed by atoms with Gasteiger partial charge in [-0.1, -0.05) is 80.1 Å². The van der Waals surface area contributed by atoms with E-state index in [2.05, 4.69) is 67.7 Å². The van der Waals surface area contributed by atoms with E-state index in [1.165, 1.54) is 51.4 Å². The van der Waals surface area contributed by atoms with Crippen LogP contribution < -0.4 is 0 Å². The zero-order valence-corrected chi connectivity index (χ0v) is 21.9. The van der Waals surface area contributed by atoms with Gasteiger partial charge in [-0.15, -0.1) is 0 Å². The van der Waals surface area contributed by atoms with E-state index in [1.807, 2.05) is 0 Å². The first-order valence-electron chi connectivity index (χ1n) is 11.0. The summed E-state index contributed by atoms with van der Waals surface area (Å²) >= 11 is 0. The van der Waals surface area contributed by atoms with Crippen molar-refractivity contribution in [2.75, 3.05) is 13.2 Å². The average Bonchev–Trinajstić information content (AvgIpc) is 2.45. The Morgan fingerprint density at radius 1 is 0.462 bits per heavy atom. The lowest BCUT2D eigenvalue weighted by atomic mass is 10.1. The maximum absolute atomic E-state index is 6.25. The van der Waals surface area contributed by atoms with Gasteiger partial charge in [-0.05, 0) is 49.1 Å². The average molecular weight is 403 g/mol. The van der Waals surface area contributed by atoms with Crippen molar-refractivity contribution in [2.24, 2.45) is 0 Å². The summed E-state index contributed by atoms with van der Waals surface area (Å²) in [5, 5.41) is 0.669. The zero-order valence-electron chi connectivity index (χ0n) is 19.9. The molecule has 0 aromatic rings. The van der Waals surface area contributed by atoms with Gasteiger partial charge in [0.15, 0.2) is 16.6 Å². The molecular formula is C22H50O2Si2. The van der Waals surface area contributed by atoms with Crippen LogP contribution in [0.15, 0.2) is 0 Å². The molecule has 0 rings (SSSR count). The van der Waals surface area contributed by atoms with Crippen molar-refractivity contribution in [1.82, 2.24) is 0 Å². The van der Waals surface area contributed by atoms with Crippen molar-refractivity contribution >= 4 is 16.6 Å². The number of unbranched alkanes of at least 4 members (excludes halogenated alkanes) is 7. The molecule has 0 amide bonds. The Hall–Kier alpha value is 0.354. The first-order chi connectivity index (χ1) is 11.7. The van der Waals surface area contributed by atoms with Crippen molar-refractivity contribution < 1.29 is 8.85 Å². The smallest absolute Gasteiger partial charge is 0.191 e. The Bertz CT molecular complexity index is 329. The molecule has 0 N–H and O–H groups in total. The van der Waals surface area contributed by atoms with Crippen molar-refractivity contribution in [2.45, 2.75) is 129 Å². The van der Waals surface area contributed by atoms with Crippen LogP contribution in [0.3, 0.4) is 0 Å². The van der Waals surface area contributed by atoms with E-state index in [1.54, 1.807) is 0 Å². The van der Waals surface area contributed by atoms with Gasteiger partial charge in [0.1, 0.15) is 0 Å². The summed E-state index contributed by atoms with van der Waals surface area (Å²) in [4.78, 5) is 0. The van der Waals surface area contributed by atoms with E-state index in [4.69, 9.17) is 8.85 Å². The first kappa shape index (κ1) is 26.4. The standard InChI is InChI=1S/C22H50O2Si2/c1-21(2,3)25(7,8)23-19-17-15-13-11-12-14-16-18-20-24-26(9,10)22(4,5)6/h11-20H2,1-10H3. The fourth-order valence-corrected chi connectivity index (χ4v) is 4.53. The van der Waals surface area contributed by atoms with Gasteiger partial charge < -0.3 is 8.85 Å². The number of hydrogen-bond acceptors (Lipinski definition) is 2. The van der Waals surface area contributed by atoms with Crippen molar-refractivity contribution in [3.8, 4) is 0 Å². The minimum Gasteiger partial charge on any atom is -0.417 e. The Labute approximate surface area is 168 Å². The summed E-state index contributed by atoms with van der Waals surface area (Å²) in [5.41, 5.74) is 0. The molecule has 4 heteroatoms. The highest BCUT2D eigenvalue weighted by molar-refractivity contribution is 6.74. The van der Waals surface area contributed by atoms with Crippen molar-refractivity contribution in [1.29, 1.82) is 0 Å². The van der Waals surface area contributed by atoms with Crippen LogP contribution in [0.2, 0.25) is 36.3 Å². The van der Waals surface area contributed by atoms with Gasteiger partial charge in [-0.3, -0.25) is 0 Å². The molecule has 0 aromatic carbocycles. The van der Waals surface area contributed by atoms with E-state index in [9.17, 15) is 0 Å². The maximum atomic E-state index is 6.25. The fourth-order valence-electron chi connectivity index (χ4n) is 2.35. The highest BCUT2D eigenvalue weighted by Gasteiger charge is 2.37. The quantitative estimate of drug-likeness (QED) is 0.228. The minimum atomic E-state index is -1.53. The number of hydrogen-bond donors (Lipinski definition) is 0. The van der Waals surface area contributed by atoms with E-state index in [0.29, 0.717) is 10.1 Å². The molecule has 0 saturated carbocycles. The second kappa shape index (κ2) is 11.4. The molecule has 0 radical (unpaired) electrons. The SMILES string of the molecule is CC(C)(C)[Si](C)(C)OCCCCCCCCCCO[Si](C)(C)C(C)(C)C. The summed E-state index contributed by atoms with van der Waals surface area (Å²) in [6, 6.07) is 0. The second-order valence-corrected chi connectivity index (χ2v) is 20.7. The molecule has 0 aromatic heterocycles. The maximum Gasteiger partial charge on any atom is 0.191 e. The molecule has 0 saturated heterocycles. The Balaban J connectivity index is 3.51. The zero-order chi connectivity index (χ0) is 20.5. The molecule has 2 nitrogen and oxygen atoms in total. The third kappa shape index (κ3) is 10.6. The van der Waals surface area contributed by atoms with Gasteiger partial charge >= 0.3 is 0 Å². The third-order valence-electron chi connectivity index (χ3n) is 6.58. The normalized spacial score (nSPS) is 14.1. The monoisotopic (exact) mass is 402 g/mol. The van der Waals surface area contributed by atoms with Gasteiger partial charge in [-0.2, -0.15) is 0 Å². The van der Waals surface area contributed by atoms with Crippen LogP contribution in [0, 0.1) is 0 Å². The second-order valence-electron chi connectivity index (χ2n) is 11.0. The van der Waals surface area contributed by atoms with Gasteiger partial charge in [0, 0.05) is 13.2 Å². The first-order valence-corrected chi connectivity index (χ1v) is 16.8. The molecule has 0 aliphatic rings. The van der Waals surface area contributed by atoms with E-state index >= 15 is 0 Å². The highest BCUT2D eigenvalue weighted by Crippen LogP contribution is 2.37. The summed E-state index contributed by atoms with van der Waals surface area (Å²) in [6.07, 6.45) is 10.6. The van der Waals surface area contributed by atoms with Gasteiger partial charge in [-0.25, -0.2) is 0 Å². The predicted octanol–water partition coefficient (Wildman–Crippen LogP) is 8.15. The van der Waals surface area contributed by atoms with Crippen LogP contribution in [-0.4, -0.2) is 29.8 Å². The summed E-state index contributed by atoms with van der Waals surface area (Å²) in [5.74, 6) is 0. The lowest BCUT2D eigenvalue weighted by molar-refractivity contribution is 0.274. The summed E-state index contributed by atoms with van der Waals surface area (Å²) in [6.45, 7) is 25.2. The third-order valence-corrected chi connectivity index (χ3v) is 15.7. The van der Waals surface area contributed by atoms with E-state index < -0.39 is 16.6 Å². The minimum absolute atomic E-state index is 0.335. The summed E-state index contributed by atoms with van der Waals surface area (Å²) in [7, 11) is -3.07. The van der Waals surface area contributed by atoms with Gasteiger partial charge in [0.05, 0.1) is 0 Å². The molecule has 0 bridgehead atoms. The lowest BCUT2D eigenvalue weighted by Gasteiger charge is -2.36. The molecule has 0 aliphatic carbocycles. The van der Waals surface area contributed by atoms with Gasteiger partial charge in [0.2, 0.25) is 0 Å². The van der Waals surface area contributed by atoms with Crippen molar-refractivity contribution in [3.05, 3.63) is 0 Å². The van der Waals surface area contributed by atoms with Crippen LogP contribution in [0.4, 0.5) is 0 Å². The van der Waals surface area contributed by atoms with Crippen LogP contribution in [0.1, 0.15) is 92.9 Å². The molecule has 0 aliphatic heterocycles. The van der Waals surface area contributed by atoms with Crippen LogP contribution >= 0.6 is 0 Å². The largest absolute Gasteiger partial charge is 0.417 e. The Kier molecular flexibility index (Phi) is 11.5. The fraction of sp³-hybridized carbons (Fsp3) is 1.00. The van der Waals surface area contributed by atoms with Crippen LogP contribution in [0.25, 0.3) is 0 Å². The molecule has 0 atom stereocenters. The Morgan fingerprint density at radius 2 is 0.692 bits per heavy atom. The van der Waals surface area contributed by atoms with E-state index in [0.717, 1.165) is 13.2 Å². The highest BCUT2D eigenvalue weighted by atomic mass is 28.4. The van der Waals surface area contributed by atoms with Crippen molar-refractivity contribution in [3.63, 3.8) is 0 Å². The molecule has 0 spiro atoms. The van der Waals surface area contributed by atoms with Crippen LogP contribution in [-0.2, 0) is 8.85 Å². The molecule has 26 heavy (non-hydrogen) atoms. The topological polar surface area (TPSA) is 18.5 Å². The predicted molar refractivity (Wildman–Crippen MR) is 123 cm³/mol. The molecule has 0 fully saturated rings. The summed E-state index contributed by atoms with van der Waals surface area (Å²) < 4.78 is 12.5. The van der Waals surface area contributed by atoms with Gasteiger partial charge in [0.25, 0.3) is 0 Å². The lowest BCUT2D eigenvalue weighted by Crippen LogP contribution is -2.40. The van der Waals surface area contributed by atoms with E-state index in [-0.39, 0.29) is 0 Å². The molecule has 0 heterocycles. The van der Waals surface area contributed by atoms with Crippen LogP contribution in [0.5, 0.6) is 0 Å². The number of rotatable bonds is 13. The molecule has 158 valence electrons.